The molecule has 2 heterocycles. The summed E-state index contributed by atoms with van der Waals surface area (Å²) in [5, 5.41) is 9.83. The highest BCUT2D eigenvalue weighted by Gasteiger charge is 2.43. The van der Waals surface area contributed by atoms with E-state index < -0.39 is 0 Å². The van der Waals surface area contributed by atoms with E-state index in [2.05, 4.69) is 0 Å². The van der Waals surface area contributed by atoms with Gasteiger partial charge in [0.1, 0.15) is 11.3 Å². The number of hydrogen-bond acceptors (Lipinski definition) is 4. The fraction of sp³-hybridized carbons (Fsp3) is 0.533. The number of aliphatic hydroxyl groups excluding tert-OH is 1. The molecule has 2 unspecified atom stereocenters. The van der Waals surface area contributed by atoms with Crippen molar-refractivity contribution >= 4 is 11.6 Å². The summed E-state index contributed by atoms with van der Waals surface area (Å²) in [4.78, 5) is 14.8. The molecule has 1 aromatic rings. The predicted octanol–water partition coefficient (Wildman–Crippen LogP) is 1.41. The first-order chi connectivity index (χ1) is 9.61. The van der Waals surface area contributed by atoms with Gasteiger partial charge in [-0.05, 0) is 37.8 Å². The highest BCUT2D eigenvalue weighted by Crippen LogP contribution is 2.38. The zero-order valence-electron chi connectivity index (χ0n) is 11.6. The lowest BCUT2D eigenvalue weighted by Crippen LogP contribution is -2.48. The second-order valence-corrected chi connectivity index (χ2v) is 5.65. The predicted molar refractivity (Wildman–Crippen MR) is 75.6 cm³/mol. The Morgan fingerprint density at radius 3 is 2.60 bits per heavy atom. The molecule has 0 saturated carbocycles. The lowest BCUT2D eigenvalue weighted by molar-refractivity contribution is 0.0285. The summed E-state index contributed by atoms with van der Waals surface area (Å²) in [6, 6.07) is 5.50. The van der Waals surface area contributed by atoms with E-state index in [0.717, 1.165) is 12.8 Å². The summed E-state index contributed by atoms with van der Waals surface area (Å²) in [7, 11) is 1.54. The molecule has 3 N–H and O–H groups in total. The Labute approximate surface area is 118 Å². The number of nitrogens with zero attached hydrogens (tertiary/aromatic N) is 1. The molecule has 2 aliphatic rings. The smallest absolute Gasteiger partial charge is 0.260 e. The van der Waals surface area contributed by atoms with Gasteiger partial charge in [-0.2, -0.15) is 0 Å². The molecule has 1 aromatic carbocycles. The maximum atomic E-state index is 12.9. The van der Waals surface area contributed by atoms with Gasteiger partial charge in [0.2, 0.25) is 0 Å². The number of anilines is 1. The first-order valence-electron chi connectivity index (χ1n) is 7.05. The molecule has 0 aliphatic carbocycles. The molecule has 5 heteroatoms. The van der Waals surface area contributed by atoms with Gasteiger partial charge in [-0.15, -0.1) is 0 Å². The molecule has 3 rings (SSSR count). The monoisotopic (exact) mass is 276 g/mol. The van der Waals surface area contributed by atoms with Gasteiger partial charge < -0.3 is 20.5 Å². The Morgan fingerprint density at radius 1 is 1.35 bits per heavy atom. The number of nitrogens with two attached hydrogens (primary N) is 1. The van der Waals surface area contributed by atoms with Gasteiger partial charge in [0, 0.05) is 17.8 Å². The van der Waals surface area contributed by atoms with E-state index in [9.17, 15) is 9.90 Å². The van der Waals surface area contributed by atoms with Crippen molar-refractivity contribution in [3.05, 3.63) is 23.8 Å². The fourth-order valence-electron chi connectivity index (χ4n) is 3.56. The van der Waals surface area contributed by atoms with Crippen LogP contribution >= 0.6 is 0 Å². The number of carbonyl (C=O) groups is 1. The van der Waals surface area contributed by atoms with Gasteiger partial charge in [-0.25, -0.2) is 0 Å². The van der Waals surface area contributed by atoms with Crippen molar-refractivity contribution in [3.8, 4) is 5.75 Å². The van der Waals surface area contributed by atoms with E-state index in [4.69, 9.17) is 10.5 Å². The molecule has 1 amide bonds. The van der Waals surface area contributed by atoms with Gasteiger partial charge in [0.05, 0.1) is 13.2 Å². The molecule has 108 valence electrons. The molecule has 0 radical (unpaired) electrons. The second-order valence-electron chi connectivity index (χ2n) is 5.65. The minimum atomic E-state index is -0.286. The van der Waals surface area contributed by atoms with Crippen LogP contribution in [0.4, 0.5) is 5.69 Å². The summed E-state index contributed by atoms with van der Waals surface area (Å²) < 4.78 is 5.27. The number of benzene rings is 1. The van der Waals surface area contributed by atoms with Crippen molar-refractivity contribution in [1.82, 2.24) is 4.90 Å². The molecule has 0 aromatic heterocycles. The lowest BCUT2D eigenvalue weighted by Gasteiger charge is -2.37. The van der Waals surface area contributed by atoms with Crippen LogP contribution in [0.15, 0.2) is 18.2 Å². The van der Waals surface area contributed by atoms with Crippen LogP contribution < -0.4 is 10.5 Å². The average Bonchev–Trinajstić information content (AvgIpc) is 2.70. The molecule has 2 saturated heterocycles. The third kappa shape index (κ3) is 2.02. The first-order valence-corrected chi connectivity index (χ1v) is 7.05. The maximum absolute atomic E-state index is 12.9. The fourth-order valence-corrected chi connectivity index (χ4v) is 3.56. The number of ether oxygens (including phenoxy) is 1. The third-order valence-corrected chi connectivity index (χ3v) is 4.43. The van der Waals surface area contributed by atoms with E-state index in [-0.39, 0.29) is 24.1 Å². The number of fused-ring (bicyclic) bond motifs is 2. The highest BCUT2D eigenvalue weighted by molar-refractivity contribution is 6.02. The van der Waals surface area contributed by atoms with Crippen LogP contribution in [-0.2, 0) is 0 Å². The summed E-state index contributed by atoms with van der Waals surface area (Å²) in [6.45, 7) is 0. The Balaban J connectivity index is 1.94. The van der Waals surface area contributed by atoms with Crippen molar-refractivity contribution in [1.29, 1.82) is 0 Å². The standard InChI is InChI=1S/C15H20N2O3/c1-20-13-4-2-3-12(16)14(13)15(19)17-9-5-6-10(17)8-11(18)7-9/h2-4,9-11,18H,5-8,16H2,1H3. The molecule has 5 nitrogen and oxygen atoms in total. The SMILES string of the molecule is COc1cccc(N)c1C(=O)N1C2CCC1CC(O)C2. The highest BCUT2D eigenvalue weighted by atomic mass is 16.5. The normalized spacial score (nSPS) is 28.5. The van der Waals surface area contributed by atoms with E-state index in [0.29, 0.717) is 29.8 Å². The molecule has 2 atom stereocenters. The van der Waals surface area contributed by atoms with E-state index in [1.54, 1.807) is 25.3 Å². The van der Waals surface area contributed by atoms with Crippen LogP contribution in [-0.4, -0.2) is 41.2 Å². The lowest BCUT2D eigenvalue weighted by atomic mass is 9.98. The summed E-state index contributed by atoms with van der Waals surface area (Å²) in [6.07, 6.45) is 2.96. The number of piperidine rings is 1. The van der Waals surface area contributed by atoms with Crippen LogP contribution in [0.2, 0.25) is 0 Å². The van der Waals surface area contributed by atoms with Crippen molar-refractivity contribution in [2.45, 2.75) is 43.9 Å². The number of amides is 1. The summed E-state index contributed by atoms with van der Waals surface area (Å²) in [5.41, 5.74) is 6.86. The van der Waals surface area contributed by atoms with E-state index in [1.807, 2.05) is 4.90 Å². The van der Waals surface area contributed by atoms with Crippen LogP contribution in [0, 0.1) is 0 Å². The molecule has 2 bridgehead atoms. The van der Waals surface area contributed by atoms with Crippen molar-refractivity contribution in [3.63, 3.8) is 0 Å². The number of methoxy groups -OCH3 is 1. The Hall–Kier alpha value is -1.75. The van der Waals surface area contributed by atoms with Gasteiger partial charge in [-0.1, -0.05) is 6.07 Å². The Morgan fingerprint density at radius 2 is 2.00 bits per heavy atom. The summed E-state index contributed by atoms with van der Waals surface area (Å²) >= 11 is 0. The van der Waals surface area contributed by atoms with Gasteiger partial charge >= 0.3 is 0 Å². The van der Waals surface area contributed by atoms with E-state index in [1.165, 1.54) is 0 Å². The Bertz CT molecular complexity index is 518. The van der Waals surface area contributed by atoms with Crippen molar-refractivity contribution in [2.24, 2.45) is 0 Å². The van der Waals surface area contributed by atoms with Gasteiger partial charge in [0.25, 0.3) is 5.91 Å². The van der Waals surface area contributed by atoms with E-state index >= 15 is 0 Å². The number of nitrogen functional groups attached to an aromatic ring is 1. The first kappa shape index (κ1) is 13.2. The third-order valence-electron chi connectivity index (χ3n) is 4.43. The average molecular weight is 276 g/mol. The number of hydrogen-bond donors (Lipinski definition) is 2. The topological polar surface area (TPSA) is 75.8 Å². The van der Waals surface area contributed by atoms with Crippen LogP contribution in [0.25, 0.3) is 0 Å². The van der Waals surface area contributed by atoms with Crippen LogP contribution in [0.5, 0.6) is 5.75 Å². The maximum Gasteiger partial charge on any atom is 0.260 e. The molecular formula is C15H20N2O3. The minimum Gasteiger partial charge on any atom is -0.496 e. The summed E-state index contributed by atoms with van der Waals surface area (Å²) in [5.74, 6) is 0.444. The molecule has 2 fully saturated rings. The van der Waals surface area contributed by atoms with Crippen molar-refractivity contribution < 1.29 is 14.6 Å². The molecule has 20 heavy (non-hydrogen) atoms. The molecule has 0 spiro atoms. The van der Waals surface area contributed by atoms with Crippen molar-refractivity contribution in [2.75, 3.05) is 12.8 Å². The largest absolute Gasteiger partial charge is 0.496 e. The number of carbonyl (C=O) groups excluding carboxylic acids is 1. The van der Waals surface area contributed by atoms with Crippen LogP contribution in [0.1, 0.15) is 36.0 Å². The van der Waals surface area contributed by atoms with Gasteiger partial charge in [-0.3, -0.25) is 4.79 Å². The number of aliphatic hydroxyl groups is 1. The molecular weight excluding hydrogens is 256 g/mol. The Kier molecular flexibility index (Phi) is 3.30. The second kappa shape index (κ2) is 4.98. The van der Waals surface area contributed by atoms with Crippen LogP contribution in [0.3, 0.4) is 0 Å². The quantitative estimate of drug-likeness (QED) is 0.801. The zero-order chi connectivity index (χ0) is 14.3. The minimum absolute atomic E-state index is 0.0700. The number of rotatable bonds is 2. The zero-order valence-corrected chi connectivity index (χ0v) is 11.6. The van der Waals surface area contributed by atoms with Gasteiger partial charge in [0.15, 0.2) is 0 Å². The molecule has 2 aliphatic heterocycles.